The van der Waals surface area contributed by atoms with E-state index in [2.05, 4.69) is 32.9 Å². The van der Waals surface area contributed by atoms with Crippen molar-refractivity contribution in [3.05, 3.63) is 16.4 Å². The summed E-state index contributed by atoms with van der Waals surface area (Å²) in [7, 11) is 4.07. The molecule has 0 aromatic carbocycles. The van der Waals surface area contributed by atoms with Crippen LogP contribution >= 0.6 is 15.9 Å². The Kier molecular flexibility index (Phi) is 5.23. The van der Waals surface area contributed by atoms with Gasteiger partial charge in [-0.3, -0.25) is 4.68 Å². The average Bonchev–Trinajstić information content (AvgIpc) is 2.78. The van der Waals surface area contributed by atoms with Gasteiger partial charge in [0, 0.05) is 19.4 Å². The molecule has 2 heterocycles. The number of likely N-dealkylation sites (N-methyl/N-ethyl adjacent to an activating group) is 1. The van der Waals surface area contributed by atoms with Crippen LogP contribution in [0.5, 0.6) is 0 Å². The molecular formula is C14H24BrN3O2. The van der Waals surface area contributed by atoms with Crippen molar-refractivity contribution in [3.8, 4) is 0 Å². The van der Waals surface area contributed by atoms with Crippen molar-refractivity contribution in [1.82, 2.24) is 14.7 Å². The summed E-state index contributed by atoms with van der Waals surface area (Å²) in [6.07, 6.45) is 4.08. The summed E-state index contributed by atoms with van der Waals surface area (Å²) in [6.45, 7) is 4.36. The molecule has 6 heteroatoms. The van der Waals surface area contributed by atoms with Crippen molar-refractivity contribution in [2.24, 2.45) is 0 Å². The zero-order valence-corrected chi connectivity index (χ0v) is 14.1. The van der Waals surface area contributed by atoms with Gasteiger partial charge in [-0.25, -0.2) is 0 Å². The van der Waals surface area contributed by atoms with Crippen LogP contribution in [-0.2, 0) is 16.9 Å². The molecule has 0 amide bonds. The van der Waals surface area contributed by atoms with Gasteiger partial charge in [-0.05, 0) is 36.4 Å². The van der Waals surface area contributed by atoms with Gasteiger partial charge < -0.3 is 14.7 Å². The SMILES string of the molecule is CCC1CC(O)(c2c(Br)cnn2CCN(C)C)CCO1. The number of aromatic nitrogens is 2. The highest BCUT2D eigenvalue weighted by molar-refractivity contribution is 9.10. The molecule has 20 heavy (non-hydrogen) atoms. The molecule has 2 unspecified atom stereocenters. The summed E-state index contributed by atoms with van der Waals surface area (Å²) in [5.41, 5.74) is 0.0433. The molecular weight excluding hydrogens is 322 g/mol. The number of ether oxygens (including phenoxy) is 1. The Labute approximate surface area is 129 Å². The fourth-order valence-electron chi connectivity index (χ4n) is 2.70. The second-order valence-electron chi connectivity index (χ2n) is 5.75. The molecule has 0 spiro atoms. The molecule has 0 radical (unpaired) electrons. The maximum Gasteiger partial charge on any atom is 0.112 e. The van der Waals surface area contributed by atoms with Crippen LogP contribution in [0.3, 0.4) is 0 Å². The van der Waals surface area contributed by atoms with Crippen LogP contribution in [0.2, 0.25) is 0 Å². The van der Waals surface area contributed by atoms with E-state index in [4.69, 9.17) is 4.74 Å². The minimum Gasteiger partial charge on any atom is -0.383 e. The van der Waals surface area contributed by atoms with Gasteiger partial charge in [0.05, 0.1) is 35.6 Å². The van der Waals surface area contributed by atoms with E-state index in [-0.39, 0.29) is 6.10 Å². The third-order valence-electron chi connectivity index (χ3n) is 3.88. The van der Waals surface area contributed by atoms with Gasteiger partial charge in [-0.2, -0.15) is 5.10 Å². The molecule has 1 saturated heterocycles. The Morgan fingerprint density at radius 2 is 2.35 bits per heavy atom. The molecule has 1 N–H and O–H groups in total. The zero-order valence-electron chi connectivity index (χ0n) is 12.5. The number of rotatable bonds is 5. The maximum absolute atomic E-state index is 11.1. The summed E-state index contributed by atoms with van der Waals surface area (Å²) in [6, 6.07) is 0. The Balaban J connectivity index is 2.23. The van der Waals surface area contributed by atoms with Crippen molar-refractivity contribution in [1.29, 1.82) is 0 Å². The van der Waals surface area contributed by atoms with Crippen LogP contribution < -0.4 is 0 Å². The van der Waals surface area contributed by atoms with E-state index in [0.717, 1.165) is 29.7 Å². The molecule has 2 rings (SSSR count). The van der Waals surface area contributed by atoms with Crippen molar-refractivity contribution < 1.29 is 9.84 Å². The average molecular weight is 346 g/mol. The van der Waals surface area contributed by atoms with Crippen LogP contribution in [0.25, 0.3) is 0 Å². The molecule has 0 aliphatic carbocycles. The third kappa shape index (κ3) is 3.42. The second-order valence-corrected chi connectivity index (χ2v) is 6.61. The summed E-state index contributed by atoms with van der Waals surface area (Å²) in [4.78, 5) is 2.11. The predicted octanol–water partition coefficient (Wildman–Crippen LogP) is 1.98. The number of aliphatic hydroxyl groups is 1. The lowest BCUT2D eigenvalue weighted by Gasteiger charge is -2.37. The fraction of sp³-hybridized carbons (Fsp3) is 0.786. The monoisotopic (exact) mass is 345 g/mol. The van der Waals surface area contributed by atoms with E-state index >= 15 is 0 Å². The lowest BCUT2D eigenvalue weighted by Crippen LogP contribution is -2.40. The third-order valence-corrected chi connectivity index (χ3v) is 4.46. The van der Waals surface area contributed by atoms with Gasteiger partial charge in [0.1, 0.15) is 5.60 Å². The largest absolute Gasteiger partial charge is 0.383 e. The zero-order chi connectivity index (χ0) is 14.8. The van der Waals surface area contributed by atoms with Crippen molar-refractivity contribution in [2.75, 3.05) is 27.2 Å². The van der Waals surface area contributed by atoms with Gasteiger partial charge in [-0.1, -0.05) is 6.92 Å². The number of hydrogen-bond acceptors (Lipinski definition) is 4. The standard InChI is InChI=1S/C14H24BrN3O2/c1-4-11-9-14(19,5-8-20-11)13-12(15)10-16-18(13)7-6-17(2)3/h10-11,19H,4-9H2,1-3H3. The summed E-state index contributed by atoms with van der Waals surface area (Å²) in [5, 5.41) is 15.5. The van der Waals surface area contributed by atoms with Crippen LogP contribution in [0, 0.1) is 0 Å². The number of nitrogens with zero attached hydrogens (tertiary/aromatic N) is 3. The first-order chi connectivity index (χ1) is 9.46. The Morgan fingerprint density at radius 1 is 1.60 bits per heavy atom. The highest BCUT2D eigenvalue weighted by atomic mass is 79.9. The molecule has 0 saturated carbocycles. The molecule has 0 bridgehead atoms. The molecule has 5 nitrogen and oxygen atoms in total. The van der Waals surface area contributed by atoms with Crippen LogP contribution in [0.15, 0.2) is 10.7 Å². The van der Waals surface area contributed by atoms with Gasteiger partial charge in [-0.15, -0.1) is 0 Å². The Bertz CT molecular complexity index is 450. The van der Waals surface area contributed by atoms with E-state index in [1.807, 2.05) is 18.8 Å². The molecule has 1 aliphatic rings. The molecule has 114 valence electrons. The van der Waals surface area contributed by atoms with E-state index in [0.29, 0.717) is 19.4 Å². The molecule has 1 aromatic heterocycles. The lowest BCUT2D eigenvalue weighted by atomic mass is 9.86. The predicted molar refractivity (Wildman–Crippen MR) is 81.6 cm³/mol. The highest BCUT2D eigenvalue weighted by Crippen LogP contribution is 2.38. The summed E-state index contributed by atoms with van der Waals surface area (Å²) in [5.74, 6) is 0. The Morgan fingerprint density at radius 3 is 3.00 bits per heavy atom. The van der Waals surface area contributed by atoms with E-state index < -0.39 is 5.60 Å². The van der Waals surface area contributed by atoms with Crippen molar-refractivity contribution in [3.63, 3.8) is 0 Å². The van der Waals surface area contributed by atoms with Gasteiger partial charge in [0.25, 0.3) is 0 Å². The first-order valence-corrected chi connectivity index (χ1v) is 7.96. The second kappa shape index (κ2) is 6.56. The van der Waals surface area contributed by atoms with Crippen LogP contribution in [-0.4, -0.2) is 53.1 Å². The first kappa shape index (κ1) is 15.9. The number of hydrogen-bond donors (Lipinski definition) is 1. The quantitative estimate of drug-likeness (QED) is 0.886. The first-order valence-electron chi connectivity index (χ1n) is 7.17. The number of halogens is 1. The maximum atomic E-state index is 11.1. The van der Waals surface area contributed by atoms with Gasteiger partial charge >= 0.3 is 0 Å². The molecule has 1 aromatic rings. The Hall–Kier alpha value is -0.430. The normalized spacial score (nSPS) is 27.2. The van der Waals surface area contributed by atoms with E-state index in [1.54, 1.807) is 6.20 Å². The molecule has 2 atom stereocenters. The minimum absolute atomic E-state index is 0.123. The van der Waals surface area contributed by atoms with E-state index in [1.165, 1.54) is 0 Å². The lowest BCUT2D eigenvalue weighted by molar-refractivity contribution is -0.112. The van der Waals surface area contributed by atoms with Crippen molar-refractivity contribution in [2.45, 2.75) is 44.4 Å². The highest BCUT2D eigenvalue weighted by Gasteiger charge is 2.40. The smallest absolute Gasteiger partial charge is 0.112 e. The van der Waals surface area contributed by atoms with Gasteiger partial charge in [0.15, 0.2) is 0 Å². The topological polar surface area (TPSA) is 50.5 Å². The van der Waals surface area contributed by atoms with Crippen LogP contribution in [0.4, 0.5) is 0 Å². The fourth-order valence-corrected chi connectivity index (χ4v) is 3.36. The van der Waals surface area contributed by atoms with Crippen molar-refractivity contribution >= 4 is 15.9 Å². The summed E-state index contributed by atoms with van der Waals surface area (Å²) < 4.78 is 8.49. The summed E-state index contributed by atoms with van der Waals surface area (Å²) >= 11 is 3.54. The molecule has 1 fully saturated rings. The minimum atomic E-state index is -0.847. The van der Waals surface area contributed by atoms with E-state index in [9.17, 15) is 5.11 Å². The molecule has 1 aliphatic heterocycles. The van der Waals surface area contributed by atoms with Crippen LogP contribution in [0.1, 0.15) is 31.9 Å². The van der Waals surface area contributed by atoms with Gasteiger partial charge in [0.2, 0.25) is 0 Å².